The molecule has 1 aromatic carbocycles. The van der Waals surface area contributed by atoms with Crippen LogP contribution in [0.1, 0.15) is 21.8 Å². The first kappa shape index (κ1) is 15.7. The fourth-order valence-electron chi connectivity index (χ4n) is 2.18. The molecule has 6 nitrogen and oxygen atoms in total. The number of anilines is 1. The van der Waals surface area contributed by atoms with E-state index in [2.05, 4.69) is 20.6 Å². The Balaban J connectivity index is 1.46. The number of hydrogen-bond donors (Lipinski definition) is 2. The third-order valence-corrected chi connectivity index (χ3v) is 3.45. The molecule has 0 saturated heterocycles. The average molecular weight is 322 g/mol. The fraction of sp³-hybridized carbons (Fsp3) is 0.167. The van der Waals surface area contributed by atoms with Gasteiger partial charge in [-0.05, 0) is 24.1 Å². The lowest BCUT2D eigenvalue weighted by atomic mass is 10.1. The number of aromatic nitrogens is 2. The molecule has 0 spiro atoms. The van der Waals surface area contributed by atoms with Gasteiger partial charge in [0.1, 0.15) is 17.3 Å². The Hall–Kier alpha value is -3.15. The number of carbonyl (C=O) groups excluding carboxylic acids is 1. The van der Waals surface area contributed by atoms with Gasteiger partial charge in [-0.25, -0.2) is 9.97 Å². The van der Waals surface area contributed by atoms with Gasteiger partial charge in [0.2, 0.25) is 0 Å². The summed E-state index contributed by atoms with van der Waals surface area (Å²) in [7, 11) is 0. The van der Waals surface area contributed by atoms with E-state index < -0.39 is 0 Å². The van der Waals surface area contributed by atoms with Crippen molar-refractivity contribution in [1.29, 1.82) is 0 Å². The van der Waals surface area contributed by atoms with Crippen molar-refractivity contribution >= 4 is 11.7 Å². The molecule has 0 aliphatic rings. The number of nitrogens with zero attached hydrogens (tertiary/aromatic N) is 2. The molecule has 0 aliphatic carbocycles. The van der Waals surface area contributed by atoms with Gasteiger partial charge < -0.3 is 15.1 Å². The van der Waals surface area contributed by atoms with Crippen molar-refractivity contribution in [2.75, 3.05) is 11.9 Å². The van der Waals surface area contributed by atoms with E-state index in [-0.39, 0.29) is 5.91 Å². The molecule has 0 unspecified atom stereocenters. The van der Waals surface area contributed by atoms with Crippen LogP contribution in [-0.4, -0.2) is 22.4 Å². The normalized spacial score (nSPS) is 10.3. The van der Waals surface area contributed by atoms with Crippen LogP contribution in [0.4, 0.5) is 5.82 Å². The highest BCUT2D eigenvalue weighted by Crippen LogP contribution is 2.06. The van der Waals surface area contributed by atoms with Crippen LogP contribution < -0.4 is 10.6 Å². The van der Waals surface area contributed by atoms with E-state index in [1.165, 1.54) is 18.0 Å². The van der Waals surface area contributed by atoms with E-state index in [9.17, 15) is 4.79 Å². The summed E-state index contributed by atoms with van der Waals surface area (Å²) >= 11 is 0. The van der Waals surface area contributed by atoms with E-state index >= 15 is 0 Å². The van der Waals surface area contributed by atoms with Gasteiger partial charge in [0.15, 0.2) is 0 Å². The SMILES string of the molecule is O=C(NCCc1ccccc1)c1cnc(NCc2ccco2)cn1. The summed E-state index contributed by atoms with van der Waals surface area (Å²) in [6, 6.07) is 13.7. The maximum absolute atomic E-state index is 12.0. The Morgan fingerprint density at radius 1 is 1.04 bits per heavy atom. The van der Waals surface area contributed by atoms with Crippen molar-refractivity contribution < 1.29 is 9.21 Å². The van der Waals surface area contributed by atoms with E-state index in [1.54, 1.807) is 6.26 Å². The third-order valence-electron chi connectivity index (χ3n) is 3.45. The lowest BCUT2D eigenvalue weighted by Gasteiger charge is -2.06. The number of carbonyl (C=O) groups is 1. The minimum atomic E-state index is -0.226. The summed E-state index contributed by atoms with van der Waals surface area (Å²) in [5.41, 5.74) is 1.48. The van der Waals surface area contributed by atoms with Gasteiger partial charge in [0.05, 0.1) is 25.2 Å². The molecule has 3 rings (SSSR count). The van der Waals surface area contributed by atoms with Gasteiger partial charge in [-0.2, -0.15) is 0 Å². The van der Waals surface area contributed by atoms with Gasteiger partial charge in [0, 0.05) is 6.54 Å². The van der Waals surface area contributed by atoms with Crippen molar-refractivity contribution in [3.05, 3.63) is 78.1 Å². The van der Waals surface area contributed by atoms with Crippen LogP contribution in [-0.2, 0) is 13.0 Å². The van der Waals surface area contributed by atoms with Gasteiger partial charge in [-0.1, -0.05) is 30.3 Å². The van der Waals surface area contributed by atoms with Gasteiger partial charge in [0.25, 0.3) is 5.91 Å². The summed E-state index contributed by atoms with van der Waals surface area (Å²) in [6.45, 7) is 1.08. The maximum Gasteiger partial charge on any atom is 0.271 e. The Labute approximate surface area is 140 Å². The van der Waals surface area contributed by atoms with Gasteiger partial charge in [-0.3, -0.25) is 4.79 Å². The van der Waals surface area contributed by atoms with Crippen LogP contribution in [0, 0.1) is 0 Å². The molecule has 0 radical (unpaired) electrons. The molecule has 2 heterocycles. The zero-order chi connectivity index (χ0) is 16.6. The van der Waals surface area contributed by atoms with Crippen LogP contribution in [0.5, 0.6) is 0 Å². The molecule has 3 aromatic rings. The first-order valence-electron chi connectivity index (χ1n) is 7.72. The zero-order valence-electron chi connectivity index (χ0n) is 13.1. The topological polar surface area (TPSA) is 80.0 Å². The molecule has 2 aromatic heterocycles. The predicted octanol–water partition coefficient (Wildman–Crippen LogP) is 2.65. The molecule has 2 N–H and O–H groups in total. The molecule has 6 heteroatoms. The summed E-state index contributed by atoms with van der Waals surface area (Å²) in [5.74, 6) is 1.17. The smallest absolute Gasteiger partial charge is 0.271 e. The van der Waals surface area contributed by atoms with Crippen molar-refractivity contribution in [1.82, 2.24) is 15.3 Å². The highest BCUT2D eigenvalue weighted by Gasteiger charge is 2.07. The number of rotatable bonds is 7. The molecule has 0 bridgehead atoms. The zero-order valence-corrected chi connectivity index (χ0v) is 13.1. The highest BCUT2D eigenvalue weighted by molar-refractivity contribution is 5.91. The van der Waals surface area contributed by atoms with Crippen LogP contribution in [0.2, 0.25) is 0 Å². The molecule has 24 heavy (non-hydrogen) atoms. The molecular weight excluding hydrogens is 304 g/mol. The summed E-state index contributed by atoms with van der Waals surface area (Å²) in [6.07, 6.45) is 5.39. The Kier molecular flexibility index (Phi) is 5.19. The Bertz CT molecular complexity index is 755. The second-order valence-electron chi connectivity index (χ2n) is 5.21. The lowest BCUT2D eigenvalue weighted by Crippen LogP contribution is -2.26. The molecule has 0 aliphatic heterocycles. The molecule has 122 valence electrons. The summed E-state index contributed by atoms with van der Waals surface area (Å²) < 4.78 is 5.22. The molecule has 0 saturated carbocycles. The van der Waals surface area contributed by atoms with E-state index in [0.717, 1.165) is 12.2 Å². The molecular formula is C18H18N4O2. The van der Waals surface area contributed by atoms with Crippen molar-refractivity contribution in [3.8, 4) is 0 Å². The number of benzene rings is 1. The standard InChI is InChI=1S/C18H18N4O2/c23-18(19-9-8-14-5-2-1-3-6-14)16-12-22-17(13-20-16)21-11-15-7-4-10-24-15/h1-7,10,12-13H,8-9,11H2,(H,19,23)(H,21,22). The van der Waals surface area contributed by atoms with E-state index in [4.69, 9.17) is 4.42 Å². The third kappa shape index (κ3) is 4.42. The second-order valence-corrected chi connectivity index (χ2v) is 5.21. The average Bonchev–Trinajstić information content (AvgIpc) is 3.15. The molecule has 0 atom stereocenters. The lowest BCUT2D eigenvalue weighted by molar-refractivity contribution is 0.0949. The van der Waals surface area contributed by atoms with E-state index in [0.29, 0.717) is 24.6 Å². The monoisotopic (exact) mass is 322 g/mol. The minimum absolute atomic E-state index is 0.226. The van der Waals surface area contributed by atoms with Gasteiger partial charge in [-0.15, -0.1) is 0 Å². The first-order chi connectivity index (χ1) is 11.8. The van der Waals surface area contributed by atoms with Crippen LogP contribution in [0.3, 0.4) is 0 Å². The predicted molar refractivity (Wildman–Crippen MR) is 90.5 cm³/mol. The van der Waals surface area contributed by atoms with E-state index in [1.807, 2.05) is 42.5 Å². The Morgan fingerprint density at radius 2 is 1.92 bits per heavy atom. The molecule has 0 fully saturated rings. The highest BCUT2D eigenvalue weighted by atomic mass is 16.3. The molecule has 1 amide bonds. The van der Waals surface area contributed by atoms with Crippen LogP contribution >= 0.6 is 0 Å². The van der Waals surface area contributed by atoms with Crippen molar-refractivity contribution in [3.63, 3.8) is 0 Å². The Morgan fingerprint density at radius 3 is 2.62 bits per heavy atom. The summed E-state index contributed by atoms with van der Waals surface area (Å²) in [4.78, 5) is 20.4. The number of amides is 1. The quantitative estimate of drug-likeness (QED) is 0.699. The van der Waals surface area contributed by atoms with Crippen LogP contribution in [0.15, 0.2) is 65.5 Å². The number of furan rings is 1. The van der Waals surface area contributed by atoms with Crippen molar-refractivity contribution in [2.45, 2.75) is 13.0 Å². The van der Waals surface area contributed by atoms with Crippen LogP contribution in [0.25, 0.3) is 0 Å². The first-order valence-corrected chi connectivity index (χ1v) is 7.72. The summed E-state index contributed by atoms with van der Waals surface area (Å²) in [5, 5.41) is 5.92. The largest absolute Gasteiger partial charge is 0.467 e. The number of nitrogens with one attached hydrogen (secondary N) is 2. The van der Waals surface area contributed by atoms with Gasteiger partial charge >= 0.3 is 0 Å². The minimum Gasteiger partial charge on any atom is -0.467 e. The number of hydrogen-bond acceptors (Lipinski definition) is 5. The maximum atomic E-state index is 12.0. The van der Waals surface area contributed by atoms with Crippen molar-refractivity contribution in [2.24, 2.45) is 0 Å². The fourth-order valence-corrected chi connectivity index (χ4v) is 2.18. The second kappa shape index (κ2) is 7.92.